The third-order valence-electron chi connectivity index (χ3n) is 5.42. The van der Waals surface area contributed by atoms with E-state index in [2.05, 4.69) is 15.2 Å². The lowest BCUT2D eigenvalue weighted by molar-refractivity contribution is 0.171. The minimum absolute atomic E-state index is 0.0492. The number of para-hydroxylation sites is 2. The molecule has 2 aromatic carbocycles. The molecule has 0 aliphatic carbocycles. The van der Waals surface area contributed by atoms with Crippen LogP contribution in [0.3, 0.4) is 0 Å². The van der Waals surface area contributed by atoms with Crippen LogP contribution in [0.5, 0.6) is 11.5 Å². The van der Waals surface area contributed by atoms with Crippen molar-refractivity contribution < 1.29 is 22.3 Å². The first-order chi connectivity index (χ1) is 16.0. The molecule has 166 valence electrons. The Morgan fingerprint density at radius 3 is 2.61 bits per heavy atom. The lowest BCUT2D eigenvalue weighted by Gasteiger charge is -2.22. The van der Waals surface area contributed by atoms with Gasteiger partial charge < -0.3 is 13.9 Å². The average Bonchev–Trinajstić information content (AvgIpc) is 3.53. The van der Waals surface area contributed by atoms with Gasteiger partial charge in [-0.15, -0.1) is 10.2 Å². The standard InChI is InChI=1S/C22H17N5O5S/c1-26(33(28,29)14-8-9-17-19(13-14)32-12-11-31-17)21-22-25-24-20(18-7-4-10-30-18)27(22)16-6-3-2-5-15(16)23-21/h2-10,13H,11-12H2,1H3. The predicted molar refractivity (Wildman–Crippen MR) is 119 cm³/mol. The highest BCUT2D eigenvalue weighted by molar-refractivity contribution is 7.92. The summed E-state index contributed by atoms with van der Waals surface area (Å²) in [5, 5.41) is 8.53. The molecule has 0 saturated heterocycles. The van der Waals surface area contributed by atoms with Gasteiger partial charge in [-0.25, -0.2) is 17.7 Å². The van der Waals surface area contributed by atoms with Crippen molar-refractivity contribution >= 4 is 32.5 Å². The Kier molecular flexibility index (Phi) is 4.27. The summed E-state index contributed by atoms with van der Waals surface area (Å²) in [6.07, 6.45) is 1.54. The summed E-state index contributed by atoms with van der Waals surface area (Å²) in [5.41, 5.74) is 1.58. The maximum absolute atomic E-state index is 13.5. The predicted octanol–water partition coefficient (Wildman–Crippen LogP) is 3.13. The van der Waals surface area contributed by atoms with Crippen molar-refractivity contribution in [2.45, 2.75) is 4.90 Å². The number of anilines is 1. The molecular weight excluding hydrogens is 446 g/mol. The van der Waals surface area contributed by atoms with Crippen molar-refractivity contribution in [3.8, 4) is 23.1 Å². The highest BCUT2D eigenvalue weighted by atomic mass is 32.2. The van der Waals surface area contributed by atoms with Gasteiger partial charge in [0, 0.05) is 13.1 Å². The Balaban J connectivity index is 1.55. The quantitative estimate of drug-likeness (QED) is 0.400. The van der Waals surface area contributed by atoms with Crippen molar-refractivity contribution in [1.29, 1.82) is 0 Å². The first-order valence-electron chi connectivity index (χ1n) is 10.1. The second-order valence-electron chi connectivity index (χ2n) is 7.36. The van der Waals surface area contributed by atoms with E-state index in [4.69, 9.17) is 13.9 Å². The lowest BCUT2D eigenvalue weighted by Crippen LogP contribution is -2.28. The van der Waals surface area contributed by atoms with Crippen LogP contribution in [0.15, 0.2) is 70.2 Å². The number of sulfonamides is 1. The van der Waals surface area contributed by atoms with Crippen LogP contribution in [0, 0.1) is 0 Å². The summed E-state index contributed by atoms with van der Waals surface area (Å²) in [7, 11) is -2.56. The fraction of sp³-hybridized carbons (Fsp3) is 0.136. The van der Waals surface area contributed by atoms with Crippen LogP contribution in [-0.4, -0.2) is 48.3 Å². The van der Waals surface area contributed by atoms with Crippen LogP contribution in [0.2, 0.25) is 0 Å². The average molecular weight is 463 g/mol. The summed E-state index contributed by atoms with van der Waals surface area (Å²) in [6.45, 7) is 0.775. The fourth-order valence-electron chi connectivity index (χ4n) is 3.80. The van der Waals surface area contributed by atoms with E-state index in [-0.39, 0.29) is 16.4 Å². The van der Waals surface area contributed by atoms with Crippen LogP contribution < -0.4 is 13.8 Å². The summed E-state index contributed by atoms with van der Waals surface area (Å²) in [4.78, 5) is 4.66. The zero-order valence-corrected chi connectivity index (χ0v) is 18.2. The zero-order valence-electron chi connectivity index (χ0n) is 17.4. The Labute approximate surface area is 188 Å². The van der Waals surface area contributed by atoms with Crippen molar-refractivity contribution in [3.05, 3.63) is 60.9 Å². The summed E-state index contributed by atoms with van der Waals surface area (Å²) in [6, 6.07) is 15.4. The van der Waals surface area contributed by atoms with Crippen molar-refractivity contribution in [2.24, 2.45) is 0 Å². The number of fused-ring (bicyclic) bond motifs is 4. The molecule has 6 rings (SSSR count). The number of nitrogens with zero attached hydrogens (tertiary/aromatic N) is 5. The molecule has 0 saturated carbocycles. The van der Waals surface area contributed by atoms with Crippen LogP contribution in [0.1, 0.15) is 0 Å². The minimum Gasteiger partial charge on any atom is -0.486 e. The second kappa shape index (κ2) is 7.20. The molecule has 0 radical (unpaired) electrons. The monoisotopic (exact) mass is 463 g/mol. The molecule has 0 amide bonds. The van der Waals surface area contributed by atoms with Crippen LogP contribution in [0.25, 0.3) is 28.3 Å². The van der Waals surface area contributed by atoms with E-state index in [9.17, 15) is 8.42 Å². The molecule has 1 aliphatic rings. The van der Waals surface area contributed by atoms with E-state index in [0.717, 1.165) is 9.82 Å². The van der Waals surface area contributed by atoms with Crippen LogP contribution in [-0.2, 0) is 10.0 Å². The van der Waals surface area contributed by atoms with Gasteiger partial charge in [0.15, 0.2) is 23.1 Å². The Morgan fingerprint density at radius 2 is 1.79 bits per heavy atom. The molecule has 0 N–H and O–H groups in total. The van der Waals surface area contributed by atoms with Crippen molar-refractivity contribution in [1.82, 2.24) is 19.6 Å². The second-order valence-corrected chi connectivity index (χ2v) is 9.33. The van der Waals surface area contributed by atoms with E-state index in [0.29, 0.717) is 41.8 Å². The molecule has 0 bridgehead atoms. The van der Waals surface area contributed by atoms with Gasteiger partial charge in [-0.1, -0.05) is 12.1 Å². The largest absolute Gasteiger partial charge is 0.486 e. The Hall–Kier alpha value is -4.12. The van der Waals surface area contributed by atoms with Gasteiger partial charge in [0.2, 0.25) is 11.5 Å². The number of benzene rings is 2. The van der Waals surface area contributed by atoms with Crippen LogP contribution >= 0.6 is 0 Å². The molecular formula is C22H17N5O5S. The van der Waals surface area contributed by atoms with E-state index < -0.39 is 10.0 Å². The fourth-order valence-corrected chi connectivity index (χ4v) is 4.96. The molecule has 1 aliphatic heterocycles. The SMILES string of the molecule is CN(c1nc2ccccc2n2c(-c3ccco3)nnc12)S(=O)(=O)c1ccc2c(c1)OCCO2. The summed E-state index contributed by atoms with van der Waals surface area (Å²) >= 11 is 0. The normalized spacial score (nSPS) is 13.5. The molecule has 0 atom stereocenters. The van der Waals surface area contributed by atoms with E-state index >= 15 is 0 Å². The lowest BCUT2D eigenvalue weighted by atomic mass is 10.3. The molecule has 33 heavy (non-hydrogen) atoms. The molecule has 0 unspecified atom stereocenters. The molecule has 0 fully saturated rings. The first kappa shape index (κ1) is 19.6. The van der Waals surface area contributed by atoms with Crippen molar-refractivity contribution in [3.63, 3.8) is 0 Å². The number of hydrogen-bond donors (Lipinski definition) is 0. The molecule has 4 heterocycles. The summed E-state index contributed by atoms with van der Waals surface area (Å²) < 4.78 is 46.5. The van der Waals surface area contributed by atoms with Crippen LogP contribution in [0.4, 0.5) is 5.82 Å². The van der Waals surface area contributed by atoms with Gasteiger partial charge in [-0.2, -0.15) is 0 Å². The Morgan fingerprint density at radius 1 is 0.970 bits per heavy atom. The molecule has 5 aromatic rings. The number of furan rings is 1. The van der Waals surface area contributed by atoms with Gasteiger partial charge in [0.1, 0.15) is 13.2 Å². The number of hydrogen-bond acceptors (Lipinski definition) is 8. The first-order valence-corrected chi connectivity index (χ1v) is 11.5. The third-order valence-corrected chi connectivity index (χ3v) is 7.17. The molecule has 10 nitrogen and oxygen atoms in total. The number of aromatic nitrogens is 4. The van der Waals surface area contributed by atoms with Gasteiger partial charge in [0.05, 0.1) is 22.2 Å². The van der Waals surface area contributed by atoms with Gasteiger partial charge >= 0.3 is 0 Å². The maximum Gasteiger partial charge on any atom is 0.265 e. The minimum atomic E-state index is -4.00. The topological polar surface area (TPSA) is 112 Å². The molecule has 3 aromatic heterocycles. The van der Waals surface area contributed by atoms with Gasteiger partial charge in [0.25, 0.3) is 10.0 Å². The highest BCUT2D eigenvalue weighted by Crippen LogP contribution is 2.35. The van der Waals surface area contributed by atoms with E-state index in [1.807, 2.05) is 18.2 Å². The van der Waals surface area contributed by atoms with Crippen molar-refractivity contribution in [2.75, 3.05) is 24.6 Å². The molecule has 0 spiro atoms. The highest BCUT2D eigenvalue weighted by Gasteiger charge is 2.29. The number of rotatable bonds is 4. The van der Waals surface area contributed by atoms with E-state index in [1.165, 1.54) is 19.2 Å². The van der Waals surface area contributed by atoms with E-state index in [1.54, 1.807) is 34.9 Å². The zero-order chi connectivity index (χ0) is 22.6. The summed E-state index contributed by atoms with van der Waals surface area (Å²) in [5.74, 6) is 1.97. The Bertz CT molecular complexity index is 1610. The third kappa shape index (κ3) is 3.00. The molecule has 11 heteroatoms. The van der Waals surface area contributed by atoms with Gasteiger partial charge in [-0.3, -0.25) is 4.40 Å². The smallest absolute Gasteiger partial charge is 0.265 e. The van der Waals surface area contributed by atoms with Gasteiger partial charge in [-0.05, 0) is 36.4 Å². The number of ether oxygens (including phenoxy) is 2. The maximum atomic E-state index is 13.5.